The number of aromatic nitrogens is 2. The predicted molar refractivity (Wildman–Crippen MR) is 152 cm³/mol. The number of nitrogens with zero attached hydrogens (tertiary/aromatic N) is 3. The van der Waals surface area contributed by atoms with Gasteiger partial charge in [-0.25, -0.2) is 9.48 Å². The van der Waals surface area contributed by atoms with Gasteiger partial charge in [0.05, 0.1) is 11.4 Å². The summed E-state index contributed by atoms with van der Waals surface area (Å²) in [7, 11) is 0. The van der Waals surface area contributed by atoms with E-state index >= 15 is 0 Å². The summed E-state index contributed by atoms with van der Waals surface area (Å²) in [5, 5.41) is 10.7. The number of carbonyl (C=O) groups is 2. The van der Waals surface area contributed by atoms with Gasteiger partial charge in [-0.2, -0.15) is 5.10 Å². The Morgan fingerprint density at radius 1 is 0.919 bits per heavy atom. The van der Waals surface area contributed by atoms with E-state index in [1.54, 1.807) is 16.8 Å². The Kier molecular flexibility index (Phi) is 8.40. The van der Waals surface area contributed by atoms with E-state index in [0.717, 1.165) is 39.0 Å². The van der Waals surface area contributed by atoms with Crippen LogP contribution < -0.4 is 10.6 Å². The van der Waals surface area contributed by atoms with Gasteiger partial charge < -0.3 is 15.5 Å². The summed E-state index contributed by atoms with van der Waals surface area (Å²) in [5.41, 5.74) is 5.22. The van der Waals surface area contributed by atoms with E-state index in [1.807, 2.05) is 87.5 Å². The van der Waals surface area contributed by atoms with Crippen molar-refractivity contribution >= 4 is 39.4 Å². The molecule has 0 aliphatic heterocycles. The minimum absolute atomic E-state index is 0.0947. The van der Waals surface area contributed by atoms with Gasteiger partial charge in [-0.05, 0) is 62.2 Å². The molecule has 0 radical (unpaired) electrons. The molecule has 3 aromatic carbocycles. The maximum Gasteiger partial charge on any atom is 0.322 e. The molecule has 0 spiro atoms. The summed E-state index contributed by atoms with van der Waals surface area (Å²) >= 11 is 3.40. The van der Waals surface area contributed by atoms with Crippen molar-refractivity contribution in [1.82, 2.24) is 14.7 Å². The number of urea groups is 1. The summed E-state index contributed by atoms with van der Waals surface area (Å²) < 4.78 is 2.67. The Morgan fingerprint density at radius 2 is 1.59 bits per heavy atom. The number of rotatable bonds is 8. The van der Waals surface area contributed by atoms with Crippen LogP contribution in [0.5, 0.6) is 0 Å². The van der Waals surface area contributed by atoms with Gasteiger partial charge in [-0.3, -0.25) is 4.79 Å². The van der Waals surface area contributed by atoms with Crippen molar-refractivity contribution < 1.29 is 9.59 Å². The number of benzene rings is 3. The van der Waals surface area contributed by atoms with Gasteiger partial charge in [0.15, 0.2) is 0 Å². The van der Waals surface area contributed by atoms with Crippen molar-refractivity contribution in [1.29, 1.82) is 0 Å². The number of anilines is 2. The van der Waals surface area contributed by atoms with Gasteiger partial charge in [0.2, 0.25) is 5.91 Å². The monoisotopic (exact) mass is 559 g/mol. The fraction of sp³-hybridized carbons (Fsp3) is 0.207. The SMILES string of the molecule is CCCN(CC(=O)Nc1c(-c2ccccc2)c(C)nn1-c1ccc(C)cc1)C(=O)Nc1ccc(Br)cc1. The predicted octanol–water partition coefficient (Wildman–Crippen LogP) is 6.80. The fourth-order valence-corrected chi connectivity index (χ4v) is 4.33. The Bertz CT molecular complexity index is 1370. The standard InChI is InChI=1S/C29H30BrN5O2/c1-4-18-34(29(37)31-24-14-12-23(30)13-15-24)19-26(36)32-28-27(22-8-6-5-7-9-22)21(3)33-35(28)25-16-10-20(2)11-17-25/h5-17H,4,18-19H2,1-3H3,(H,31,37)(H,32,36). The minimum atomic E-state index is -0.328. The van der Waals surface area contributed by atoms with E-state index < -0.39 is 0 Å². The summed E-state index contributed by atoms with van der Waals surface area (Å²) in [6, 6.07) is 24.8. The largest absolute Gasteiger partial charge is 0.322 e. The third-order valence-corrected chi connectivity index (χ3v) is 6.40. The first-order valence-electron chi connectivity index (χ1n) is 12.2. The van der Waals surface area contributed by atoms with Crippen molar-refractivity contribution in [2.24, 2.45) is 0 Å². The van der Waals surface area contributed by atoms with Crippen molar-refractivity contribution in [2.45, 2.75) is 27.2 Å². The molecule has 3 amide bonds. The van der Waals surface area contributed by atoms with Gasteiger partial charge >= 0.3 is 6.03 Å². The first kappa shape index (κ1) is 26.2. The molecule has 0 fully saturated rings. The molecular formula is C29H30BrN5O2. The van der Waals surface area contributed by atoms with Crippen LogP contribution in [-0.2, 0) is 4.79 Å². The zero-order valence-corrected chi connectivity index (χ0v) is 22.7. The maximum absolute atomic E-state index is 13.3. The number of halogens is 1. The van der Waals surface area contributed by atoms with Gasteiger partial charge in [-0.15, -0.1) is 0 Å². The van der Waals surface area contributed by atoms with E-state index in [1.165, 1.54) is 4.90 Å². The van der Waals surface area contributed by atoms with E-state index in [2.05, 4.69) is 26.6 Å². The molecule has 0 bridgehead atoms. The Labute approximate surface area is 225 Å². The summed E-state index contributed by atoms with van der Waals surface area (Å²) in [6.45, 7) is 6.27. The third-order valence-electron chi connectivity index (χ3n) is 5.87. The summed E-state index contributed by atoms with van der Waals surface area (Å²) in [6.07, 6.45) is 0.719. The van der Waals surface area contributed by atoms with Crippen LogP contribution in [0.2, 0.25) is 0 Å². The molecule has 0 saturated carbocycles. The van der Waals surface area contributed by atoms with E-state index in [9.17, 15) is 9.59 Å². The smallest absolute Gasteiger partial charge is 0.315 e. The lowest BCUT2D eigenvalue weighted by Gasteiger charge is -2.22. The second-order valence-electron chi connectivity index (χ2n) is 8.83. The van der Waals surface area contributed by atoms with Crippen LogP contribution >= 0.6 is 15.9 Å². The lowest BCUT2D eigenvalue weighted by molar-refractivity contribution is -0.116. The van der Waals surface area contributed by atoms with Crippen LogP contribution in [0.15, 0.2) is 83.3 Å². The highest BCUT2D eigenvalue weighted by atomic mass is 79.9. The Balaban J connectivity index is 1.61. The van der Waals surface area contributed by atoms with Crippen LogP contribution in [0.1, 0.15) is 24.6 Å². The number of carbonyl (C=O) groups excluding carboxylic acids is 2. The third kappa shape index (κ3) is 6.46. The molecule has 190 valence electrons. The molecule has 0 aliphatic rings. The molecule has 37 heavy (non-hydrogen) atoms. The van der Waals surface area contributed by atoms with Crippen LogP contribution in [0.3, 0.4) is 0 Å². The fourth-order valence-electron chi connectivity index (χ4n) is 4.07. The summed E-state index contributed by atoms with van der Waals surface area (Å²) in [5.74, 6) is 0.271. The molecule has 1 aromatic heterocycles. The highest BCUT2D eigenvalue weighted by Crippen LogP contribution is 2.33. The lowest BCUT2D eigenvalue weighted by atomic mass is 10.1. The Morgan fingerprint density at radius 3 is 2.24 bits per heavy atom. The molecular weight excluding hydrogens is 530 g/mol. The zero-order valence-electron chi connectivity index (χ0n) is 21.2. The normalized spacial score (nSPS) is 10.7. The number of hydrogen-bond donors (Lipinski definition) is 2. The second-order valence-corrected chi connectivity index (χ2v) is 9.74. The van der Waals surface area contributed by atoms with Crippen LogP contribution in [0.25, 0.3) is 16.8 Å². The highest BCUT2D eigenvalue weighted by Gasteiger charge is 2.22. The molecule has 4 aromatic rings. The van der Waals surface area contributed by atoms with Gasteiger partial charge in [0.25, 0.3) is 0 Å². The first-order chi connectivity index (χ1) is 17.9. The number of hydrogen-bond acceptors (Lipinski definition) is 3. The average molecular weight is 560 g/mol. The molecule has 0 saturated heterocycles. The van der Waals surface area contributed by atoms with Crippen molar-refractivity contribution in [2.75, 3.05) is 23.7 Å². The number of aryl methyl sites for hydroxylation is 2. The lowest BCUT2D eigenvalue weighted by Crippen LogP contribution is -2.41. The first-order valence-corrected chi connectivity index (χ1v) is 13.0. The van der Waals surface area contributed by atoms with Crippen LogP contribution in [-0.4, -0.2) is 39.7 Å². The Hall–Kier alpha value is -3.91. The second kappa shape index (κ2) is 11.9. The number of nitrogens with one attached hydrogen (secondary N) is 2. The minimum Gasteiger partial charge on any atom is -0.315 e. The topological polar surface area (TPSA) is 79.3 Å². The average Bonchev–Trinajstić information content (AvgIpc) is 3.21. The molecule has 0 unspecified atom stereocenters. The van der Waals surface area contributed by atoms with Gasteiger partial charge in [0, 0.05) is 22.3 Å². The quantitative estimate of drug-likeness (QED) is 0.249. The van der Waals surface area contributed by atoms with Gasteiger partial charge in [-0.1, -0.05) is 70.9 Å². The maximum atomic E-state index is 13.3. The molecule has 0 aliphatic carbocycles. The van der Waals surface area contributed by atoms with Crippen molar-refractivity contribution in [3.63, 3.8) is 0 Å². The molecule has 1 heterocycles. The highest BCUT2D eigenvalue weighted by molar-refractivity contribution is 9.10. The molecule has 7 nitrogen and oxygen atoms in total. The van der Waals surface area contributed by atoms with E-state index in [0.29, 0.717) is 18.1 Å². The van der Waals surface area contributed by atoms with Crippen molar-refractivity contribution in [3.05, 3.63) is 94.6 Å². The van der Waals surface area contributed by atoms with Crippen LogP contribution in [0, 0.1) is 13.8 Å². The van der Waals surface area contributed by atoms with Gasteiger partial charge in [0.1, 0.15) is 12.4 Å². The zero-order chi connectivity index (χ0) is 26.4. The molecule has 4 rings (SSSR count). The van der Waals surface area contributed by atoms with Crippen molar-refractivity contribution in [3.8, 4) is 16.8 Å². The van der Waals surface area contributed by atoms with Crippen LogP contribution in [0.4, 0.5) is 16.3 Å². The molecule has 0 atom stereocenters. The number of amides is 3. The van der Waals surface area contributed by atoms with E-state index in [-0.39, 0.29) is 18.5 Å². The molecule has 8 heteroatoms. The summed E-state index contributed by atoms with van der Waals surface area (Å²) in [4.78, 5) is 27.9. The van der Waals surface area contributed by atoms with E-state index in [4.69, 9.17) is 5.10 Å². The molecule has 2 N–H and O–H groups in total.